The second-order valence-corrected chi connectivity index (χ2v) is 10.6. The molecule has 41 heavy (non-hydrogen) atoms. The smallest absolute Gasteiger partial charge is 0.0541 e. The predicted octanol–water partition coefficient (Wildman–Crippen LogP) is 11.2. The maximum Gasteiger partial charge on any atom is 0.0541 e. The summed E-state index contributed by atoms with van der Waals surface area (Å²) in [6, 6.07) is 47.8. The molecule has 1 heterocycles. The molecular formula is C40H35N. The molecule has 1 nitrogen and oxygen atoms in total. The van der Waals surface area contributed by atoms with E-state index in [0.717, 1.165) is 12.1 Å². The maximum atomic E-state index is 2.37. The summed E-state index contributed by atoms with van der Waals surface area (Å²) in [6.07, 6.45) is 5.70. The van der Waals surface area contributed by atoms with Gasteiger partial charge in [0.2, 0.25) is 0 Å². The molecule has 0 saturated carbocycles. The highest BCUT2D eigenvalue weighted by Gasteiger charge is 2.12. The maximum absolute atomic E-state index is 2.37. The van der Waals surface area contributed by atoms with Gasteiger partial charge in [-0.2, -0.15) is 0 Å². The van der Waals surface area contributed by atoms with Crippen LogP contribution in [0.4, 0.5) is 0 Å². The molecule has 0 radical (unpaired) electrons. The number of para-hydroxylation sites is 2. The first-order chi connectivity index (χ1) is 20.1. The van der Waals surface area contributed by atoms with Crippen LogP contribution in [0.15, 0.2) is 151 Å². The van der Waals surface area contributed by atoms with Crippen LogP contribution in [-0.4, -0.2) is 4.57 Å². The van der Waals surface area contributed by atoms with Crippen molar-refractivity contribution in [3.8, 4) is 5.69 Å². The molecule has 6 aromatic rings. The van der Waals surface area contributed by atoms with Gasteiger partial charge in [0.15, 0.2) is 0 Å². The summed E-state index contributed by atoms with van der Waals surface area (Å²) in [5, 5.41) is 2.56. The highest BCUT2D eigenvalue weighted by atomic mass is 15.0. The van der Waals surface area contributed by atoms with Crippen molar-refractivity contribution in [2.75, 3.05) is 0 Å². The van der Waals surface area contributed by atoms with Gasteiger partial charge in [-0.1, -0.05) is 128 Å². The zero-order valence-corrected chi connectivity index (χ0v) is 24.0. The molecule has 0 N–H and O–H groups in total. The fraction of sp³-hybridized carbons (Fsp3) is 0.100. The van der Waals surface area contributed by atoms with E-state index in [2.05, 4.69) is 171 Å². The van der Waals surface area contributed by atoms with Crippen LogP contribution in [0.25, 0.3) is 44.2 Å². The van der Waals surface area contributed by atoms with Gasteiger partial charge in [0.05, 0.1) is 11.0 Å². The zero-order chi connectivity index (χ0) is 28.2. The quantitative estimate of drug-likeness (QED) is 0.181. The van der Waals surface area contributed by atoms with E-state index in [9.17, 15) is 0 Å². The van der Waals surface area contributed by atoms with Crippen molar-refractivity contribution in [3.63, 3.8) is 0 Å². The van der Waals surface area contributed by atoms with E-state index in [0.29, 0.717) is 0 Å². The van der Waals surface area contributed by atoms with Crippen LogP contribution >= 0.6 is 0 Å². The number of nitrogens with zero attached hydrogens (tertiary/aromatic N) is 1. The summed E-state index contributed by atoms with van der Waals surface area (Å²) < 4.78 is 2.37. The highest BCUT2D eigenvalue weighted by Crippen LogP contribution is 2.34. The molecule has 0 unspecified atom stereocenters. The molecule has 200 valence electrons. The number of rotatable bonds is 7. The highest BCUT2D eigenvalue weighted by molar-refractivity contribution is 6.09. The van der Waals surface area contributed by atoms with Gasteiger partial charge in [-0.15, -0.1) is 0 Å². The molecule has 5 aromatic carbocycles. The fourth-order valence-corrected chi connectivity index (χ4v) is 5.65. The van der Waals surface area contributed by atoms with Crippen LogP contribution in [0.5, 0.6) is 0 Å². The van der Waals surface area contributed by atoms with Crippen molar-refractivity contribution in [1.29, 1.82) is 0 Å². The Labute approximate surface area is 243 Å². The second-order valence-electron chi connectivity index (χ2n) is 10.6. The Morgan fingerprint density at radius 2 is 1.05 bits per heavy atom. The summed E-state index contributed by atoms with van der Waals surface area (Å²) in [6.45, 7) is 6.68. The molecule has 0 aliphatic heterocycles. The number of hydrogen-bond donors (Lipinski definition) is 0. The molecule has 0 bridgehead atoms. The minimum atomic E-state index is 1.00. The Hall–Kier alpha value is -4.88. The monoisotopic (exact) mass is 529 g/mol. The molecule has 1 heteroatoms. The van der Waals surface area contributed by atoms with E-state index in [1.54, 1.807) is 0 Å². The van der Waals surface area contributed by atoms with Crippen molar-refractivity contribution >= 4 is 38.5 Å². The predicted molar refractivity (Wildman–Crippen MR) is 178 cm³/mol. The lowest BCUT2D eigenvalue weighted by molar-refractivity contribution is 1.10. The van der Waals surface area contributed by atoms with Crippen LogP contribution in [0.2, 0.25) is 0 Å². The Morgan fingerprint density at radius 3 is 1.61 bits per heavy atom. The summed E-state index contributed by atoms with van der Waals surface area (Å²) in [5.41, 5.74) is 12.4. The van der Waals surface area contributed by atoms with Crippen molar-refractivity contribution in [2.45, 2.75) is 27.2 Å². The third-order valence-corrected chi connectivity index (χ3v) is 8.01. The minimum Gasteiger partial charge on any atom is -0.309 e. The van der Waals surface area contributed by atoms with Crippen molar-refractivity contribution in [2.24, 2.45) is 0 Å². The van der Waals surface area contributed by atoms with Gasteiger partial charge in [0.1, 0.15) is 0 Å². The first-order valence-corrected chi connectivity index (χ1v) is 14.4. The number of benzene rings is 5. The SMILES string of the molecule is CC/C(C)=C(/C=C(\C=C(/C)c1ccccc1)c1ccc(-n2c3ccccc3c3ccccc32)cc1)c1ccccc1. The van der Waals surface area contributed by atoms with Gasteiger partial charge < -0.3 is 4.57 Å². The molecule has 0 atom stereocenters. The third kappa shape index (κ3) is 5.32. The van der Waals surface area contributed by atoms with Crippen LogP contribution in [0, 0.1) is 0 Å². The van der Waals surface area contributed by atoms with Gasteiger partial charge in [0, 0.05) is 16.5 Å². The lowest BCUT2D eigenvalue weighted by Crippen LogP contribution is -1.95. The second kappa shape index (κ2) is 11.7. The Morgan fingerprint density at radius 1 is 0.537 bits per heavy atom. The summed E-state index contributed by atoms with van der Waals surface area (Å²) in [5.74, 6) is 0. The normalized spacial score (nSPS) is 13.0. The van der Waals surface area contributed by atoms with Crippen molar-refractivity contribution in [3.05, 3.63) is 168 Å². The van der Waals surface area contributed by atoms with E-state index in [4.69, 9.17) is 0 Å². The number of fused-ring (bicyclic) bond motifs is 3. The lowest BCUT2D eigenvalue weighted by Gasteiger charge is -2.13. The van der Waals surface area contributed by atoms with Gasteiger partial charge in [-0.25, -0.2) is 0 Å². The molecule has 0 aliphatic carbocycles. The molecule has 0 amide bonds. The lowest BCUT2D eigenvalue weighted by atomic mass is 9.93. The average molecular weight is 530 g/mol. The van der Waals surface area contributed by atoms with Gasteiger partial charge in [-0.05, 0) is 84.0 Å². The molecule has 1 aromatic heterocycles. The topological polar surface area (TPSA) is 4.93 Å². The van der Waals surface area contributed by atoms with E-state index in [-0.39, 0.29) is 0 Å². The third-order valence-electron chi connectivity index (χ3n) is 8.01. The first-order valence-electron chi connectivity index (χ1n) is 14.4. The summed E-state index contributed by atoms with van der Waals surface area (Å²) in [7, 11) is 0. The largest absolute Gasteiger partial charge is 0.309 e. The minimum absolute atomic E-state index is 1.00. The van der Waals surface area contributed by atoms with Crippen molar-refractivity contribution < 1.29 is 0 Å². The number of allylic oxidation sites excluding steroid dienone is 6. The molecule has 0 saturated heterocycles. The summed E-state index contributed by atoms with van der Waals surface area (Å²) in [4.78, 5) is 0. The Balaban J connectivity index is 1.50. The van der Waals surface area contributed by atoms with E-state index in [1.807, 2.05) is 0 Å². The average Bonchev–Trinajstić information content (AvgIpc) is 3.38. The van der Waals surface area contributed by atoms with E-state index < -0.39 is 0 Å². The van der Waals surface area contributed by atoms with Gasteiger partial charge in [-0.3, -0.25) is 0 Å². The van der Waals surface area contributed by atoms with Gasteiger partial charge in [0.25, 0.3) is 0 Å². The molecular weight excluding hydrogens is 494 g/mol. The Kier molecular flexibility index (Phi) is 7.52. The molecule has 0 aliphatic rings. The summed E-state index contributed by atoms with van der Waals surface area (Å²) >= 11 is 0. The Bertz CT molecular complexity index is 1840. The standard InChI is InChI=1S/C40H35N/c1-4-29(2)38(33-17-9-6-10-18-33)28-34(27-30(3)31-15-7-5-8-16-31)32-23-25-35(26-24-32)41-39-21-13-11-19-36(39)37-20-12-14-22-40(37)41/h5-28H,4H2,1-3H3/b30-27+,34-28+,38-29-. The van der Waals surface area contributed by atoms with Crippen LogP contribution in [0.3, 0.4) is 0 Å². The number of hydrogen-bond acceptors (Lipinski definition) is 0. The van der Waals surface area contributed by atoms with E-state index >= 15 is 0 Å². The van der Waals surface area contributed by atoms with Crippen molar-refractivity contribution in [1.82, 2.24) is 4.57 Å². The molecule has 0 fully saturated rings. The first kappa shape index (κ1) is 26.3. The molecule has 6 rings (SSSR count). The van der Waals surface area contributed by atoms with Crippen LogP contribution < -0.4 is 0 Å². The van der Waals surface area contributed by atoms with Crippen LogP contribution in [-0.2, 0) is 0 Å². The number of aromatic nitrogens is 1. The van der Waals surface area contributed by atoms with Gasteiger partial charge >= 0.3 is 0 Å². The zero-order valence-electron chi connectivity index (χ0n) is 24.0. The molecule has 0 spiro atoms. The van der Waals surface area contributed by atoms with Crippen LogP contribution in [0.1, 0.15) is 43.9 Å². The van der Waals surface area contributed by atoms with E-state index in [1.165, 1.54) is 60.8 Å². The fourth-order valence-electron chi connectivity index (χ4n) is 5.65.